The van der Waals surface area contributed by atoms with Gasteiger partial charge in [-0.15, -0.1) is 0 Å². The summed E-state index contributed by atoms with van der Waals surface area (Å²) in [5, 5.41) is 16.1. The summed E-state index contributed by atoms with van der Waals surface area (Å²) in [6.45, 7) is 6.41. The second-order valence-electron chi connectivity index (χ2n) is 15.4. The normalized spacial score (nSPS) is 12.6. The van der Waals surface area contributed by atoms with Gasteiger partial charge in [0, 0.05) is 94.3 Å². The van der Waals surface area contributed by atoms with E-state index < -0.39 is 0 Å². The molecule has 0 atom stereocenters. The van der Waals surface area contributed by atoms with Gasteiger partial charge in [-0.05, 0) is 56.3 Å². The first-order valence-corrected chi connectivity index (χ1v) is 19.9. The van der Waals surface area contributed by atoms with Gasteiger partial charge in [-0.25, -0.2) is 0 Å². The molecule has 0 fully saturated rings. The van der Waals surface area contributed by atoms with E-state index in [1.807, 2.05) is 0 Å². The fourth-order valence-electron chi connectivity index (χ4n) is 10.7. The highest BCUT2D eigenvalue weighted by atomic mass is 15.0. The maximum absolute atomic E-state index is 2.50. The van der Waals surface area contributed by atoms with Gasteiger partial charge in [-0.1, -0.05) is 115 Å². The Morgan fingerprint density at radius 2 is 0.696 bits per heavy atom. The molecule has 0 saturated heterocycles. The number of nitrogens with zero attached hydrogens (tertiary/aromatic N) is 4. The number of para-hydroxylation sites is 6. The Balaban J connectivity index is 0.000000118. The molecule has 0 unspecified atom stereocenters. The van der Waals surface area contributed by atoms with Gasteiger partial charge < -0.3 is 17.9 Å². The number of hydrogen-bond acceptors (Lipinski definition) is 0. The van der Waals surface area contributed by atoms with E-state index in [2.05, 4.69) is 190 Å². The van der Waals surface area contributed by atoms with Crippen LogP contribution in [0.25, 0.3) is 120 Å². The zero-order valence-corrected chi connectivity index (χ0v) is 31.2. The Kier molecular flexibility index (Phi) is 5.84. The first-order chi connectivity index (χ1) is 27.7. The van der Waals surface area contributed by atoms with Crippen molar-refractivity contribution in [3.05, 3.63) is 158 Å². The van der Waals surface area contributed by atoms with Crippen LogP contribution in [0.4, 0.5) is 0 Å². The van der Waals surface area contributed by atoms with Gasteiger partial charge in [0.05, 0.1) is 38.6 Å². The standard InChI is InChI=1S/2C26H18N2/c1-2-27-21-12-5-4-9-20(21)24-23(27)15-14-19-18-11-7-10-17-16-8-3-6-13-22(16)28(25(17)18)26(19)24;1-2-27-22-12-5-3-9-17(22)20-15-25-21(14-24(20)27)19-11-7-10-18-16-8-4-6-13-23(16)28(25)26(18)19/h2*3-15H,2H2,1H3. The molecule has 6 heterocycles. The minimum absolute atomic E-state index is 0.970. The topological polar surface area (TPSA) is 18.7 Å². The van der Waals surface area contributed by atoms with Gasteiger partial charge >= 0.3 is 0 Å². The molecular formula is C52H36N4. The maximum atomic E-state index is 2.50. The first kappa shape index (κ1) is 30.3. The SMILES string of the molecule is CCn1c2ccccc2c2c1ccc1c3cccc4c5ccccc5n(c43)c12.CCn1c2ccccc2c2cc3c(cc21)c1cccc2c4ccccc4n3c21. The summed E-state index contributed by atoms with van der Waals surface area (Å²) >= 11 is 0. The van der Waals surface area contributed by atoms with Crippen molar-refractivity contribution in [2.24, 2.45) is 0 Å². The van der Waals surface area contributed by atoms with Crippen LogP contribution in [0.2, 0.25) is 0 Å². The van der Waals surface area contributed by atoms with E-state index in [1.165, 1.54) is 120 Å². The highest BCUT2D eigenvalue weighted by Crippen LogP contribution is 2.45. The monoisotopic (exact) mass is 716 g/mol. The number of hydrogen-bond donors (Lipinski definition) is 0. The lowest BCUT2D eigenvalue weighted by molar-refractivity contribution is 0.827. The minimum Gasteiger partial charge on any atom is -0.341 e. The van der Waals surface area contributed by atoms with E-state index in [9.17, 15) is 0 Å². The minimum atomic E-state index is 0.970. The quantitative estimate of drug-likeness (QED) is 0.170. The molecule has 0 bridgehead atoms. The smallest absolute Gasteiger partial charge is 0.0641 e. The summed E-state index contributed by atoms with van der Waals surface area (Å²) in [5.74, 6) is 0. The zero-order chi connectivity index (χ0) is 36.8. The largest absolute Gasteiger partial charge is 0.341 e. The molecule has 0 amide bonds. The highest BCUT2D eigenvalue weighted by Gasteiger charge is 2.22. The predicted octanol–water partition coefficient (Wildman–Crippen LogP) is 13.9. The van der Waals surface area contributed by atoms with E-state index in [1.54, 1.807) is 0 Å². The molecule has 4 nitrogen and oxygen atoms in total. The second-order valence-corrected chi connectivity index (χ2v) is 15.4. The van der Waals surface area contributed by atoms with Crippen molar-refractivity contribution in [3.8, 4) is 0 Å². The molecule has 14 rings (SSSR count). The average Bonchev–Trinajstić information content (AvgIpc) is 4.08. The Hall–Kier alpha value is -7.04. The third kappa shape index (κ3) is 3.60. The zero-order valence-electron chi connectivity index (χ0n) is 31.2. The van der Waals surface area contributed by atoms with Crippen LogP contribution >= 0.6 is 0 Å². The summed E-state index contributed by atoms with van der Waals surface area (Å²) < 4.78 is 9.85. The Bertz CT molecular complexity index is 3900. The number of aryl methyl sites for hydroxylation is 2. The Morgan fingerprint density at radius 3 is 1.34 bits per heavy atom. The number of fused-ring (bicyclic) bond motifs is 19. The van der Waals surface area contributed by atoms with E-state index in [4.69, 9.17) is 0 Å². The van der Waals surface area contributed by atoms with Crippen LogP contribution in [-0.4, -0.2) is 17.9 Å². The van der Waals surface area contributed by atoms with E-state index in [-0.39, 0.29) is 0 Å². The van der Waals surface area contributed by atoms with Crippen LogP contribution in [0, 0.1) is 0 Å². The molecule has 0 aliphatic heterocycles. The van der Waals surface area contributed by atoms with E-state index in [0.717, 1.165) is 13.1 Å². The van der Waals surface area contributed by atoms with Crippen LogP contribution in [0.3, 0.4) is 0 Å². The van der Waals surface area contributed by atoms with Crippen molar-refractivity contribution in [3.63, 3.8) is 0 Å². The first-order valence-electron chi connectivity index (χ1n) is 19.9. The van der Waals surface area contributed by atoms with Crippen LogP contribution in [0.5, 0.6) is 0 Å². The van der Waals surface area contributed by atoms with Crippen molar-refractivity contribution < 1.29 is 0 Å². The number of benzene rings is 8. The van der Waals surface area contributed by atoms with Gasteiger partial charge in [0.15, 0.2) is 0 Å². The van der Waals surface area contributed by atoms with Gasteiger partial charge in [0.25, 0.3) is 0 Å². The molecular weight excluding hydrogens is 681 g/mol. The molecule has 6 aromatic heterocycles. The fraction of sp³-hybridized carbons (Fsp3) is 0.0769. The van der Waals surface area contributed by atoms with Gasteiger partial charge in [-0.3, -0.25) is 0 Å². The molecule has 0 radical (unpaired) electrons. The van der Waals surface area contributed by atoms with Crippen LogP contribution in [-0.2, 0) is 13.1 Å². The lowest BCUT2D eigenvalue weighted by atomic mass is 10.1. The summed E-state index contributed by atoms with van der Waals surface area (Å²) in [6, 6.07) is 58.1. The molecule has 4 heteroatoms. The lowest BCUT2D eigenvalue weighted by Crippen LogP contribution is -1.92. The molecule has 264 valence electrons. The molecule has 56 heavy (non-hydrogen) atoms. The number of rotatable bonds is 2. The summed E-state index contributed by atoms with van der Waals surface area (Å²) in [4.78, 5) is 0. The highest BCUT2D eigenvalue weighted by molar-refractivity contribution is 6.31. The van der Waals surface area contributed by atoms with Gasteiger partial charge in [-0.2, -0.15) is 0 Å². The van der Waals surface area contributed by atoms with Crippen molar-refractivity contribution in [2.45, 2.75) is 26.9 Å². The number of aromatic nitrogens is 4. The van der Waals surface area contributed by atoms with Crippen molar-refractivity contribution in [1.82, 2.24) is 17.9 Å². The fourth-order valence-corrected chi connectivity index (χ4v) is 10.7. The predicted molar refractivity (Wildman–Crippen MR) is 240 cm³/mol. The van der Waals surface area contributed by atoms with Crippen LogP contribution < -0.4 is 0 Å². The molecule has 0 aliphatic carbocycles. The molecule has 0 spiro atoms. The molecule has 0 aliphatic rings. The molecule has 0 N–H and O–H groups in total. The lowest BCUT2D eigenvalue weighted by Gasteiger charge is -2.03. The summed E-state index contributed by atoms with van der Waals surface area (Å²) in [6.07, 6.45) is 0. The summed E-state index contributed by atoms with van der Waals surface area (Å²) in [7, 11) is 0. The third-order valence-electron chi connectivity index (χ3n) is 12.9. The maximum Gasteiger partial charge on any atom is 0.0641 e. The Morgan fingerprint density at radius 1 is 0.286 bits per heavy atom. The van der Waals surface area contributed by atoms with Crippen molar-refractivity contribution >= 4 is 120 Å². The van der Waals surface area contributed by atoms with Gasteiger partial charge in [0.2, 0.25) is 0 Å². The molecule has 8 aromatic carbocycles. The van der Waals surface area contributed by atoms with E-state index >= 15 is 0 Å². The van der Waals surface area contributed by atoms with Gasteiger partial charge in [0.1, 0.15) is 0 Å². The van der Waals surface area contributed by atoms with Crippen molar-refractivity contribution in [2.75, 3.05) is 0 Å². The van der Waals surface area contributed by atoms with Crippen LogP contribution in [0.15, 0.2) is 158 Å². The third-order valence-corrected chi connectivity index (χ3v) is 12.9. The molecule has 14 aromatic rings. The average molecular weight is 717 g/mol. The van der Waals surface area contributed by atoms with E-state index in [0.29, 0.717) is 0 Å². The second kappa shape index (κ2) is 10.8. The van der Waals surface area contributed by atoms with Crippen molar-refractivity contribution in [1.29, 1.82) is 0 Å². The Labute approximate surface area is 321 Å². The van der Waals surface area contributed by atoms with Crippen LogP contribution in [0.1, 0.15) is 13.8 Å². The summed E-state index contributed by atoms with van der Waals surface area (Å²) in [5.41, 5.74) is 13.2. The molecule has 0 saturated carbocycles.